The van der Waals surface area contributed by atoms with Crippen LogP contribution in [0.15, 0.2) is 152 Å². The van der Waals surface area contributed by atoms with Gasteiger partial charge in [-0.3, -0.25) is 0 Å². The molecule has 0 fully saturated rings. The lowest BCUT2D eigenvalue weighted by molar-refractivity contribution is 0.632. The molecule has 0 bridgehead atoms. The SMILES string of the molecule is Cc1c(-c2ccc(N3c4ccccc4C(C)(C)c4ccccc43)cc2)nc2ncnn2c1-c1ccc(N2c3ccccc3C(C)(C)c3ccccc32)cc1. The lowest BCUT2D eigenvalue weighted by atomic mass is 9.73. The molecule has 0 atom stereocenters. The first kappa shape index (κ1) is 32.1. The molecule has 0 spiro atoms. The number of para-hydroxylation sites is 4. The Morgan fingerprint density at radius 2 is 0.852 bits per heavy atom. The van der Waals surface area contributed by atoms with E-state index >= 15 is 0 Å². The van der Waals surface area contributed by atoms with Gasteiger partial charge in [-0.15, -0.1) is 0 Å². The predicted octanol–water partition coefficient (Wildman–Crippen LogP) is 12.0. The fourth-order valence-corrected chi connectivity index (χ4v) is 8.98. The van der Waals surface area contributed by atoms with Crippen molar-refractivity contribution >= 4 is 39.9 Å². The van der Waals surface area contributed by atoms with Crippen molar-refractivity contribution in [3.8, 4) is 22.5 Å². The zero-order valence-corrected chi connectivity index (χ0v) is 31.1. The van der Waals surface area contributed by atoms with Crippen LogP contribution in [-0.4, -0.2) is 19.6 Å². The standard InChI is InChI=1S/C48H40N6/c1-31-44(32-22-26-34(27-23-32)52-40-18-10-6-14-36(40)47(2,3)37-15-7-11-19-41(37)52)51-46-49-30-50-54(46)45(31)33-24-28-35(29-25-33)53-42-20-12-8-16-38(42)48(4,5)39-17-9-13-21-43(39)53/h6-30H,1-5H3. The van der Waals surface area contributed by atoms with E-state index in [0.29, 0.717) is 5.78 Å². The summed E-state index contributed by atoms with van der Waals surface area (Å²) in [6, 6.07) is 52.6. The average Bonchev–Trinajstić information content (AvgIpc) is 3.67. The smallest absolute Gasteiger partial charge is 0.253 e. The molecule has 54 heavy (non-hydrogen) atoms. The highest BCUT2D eigenvalue weighted by atomic mass is 15.3. The van der Waals surface area contributed by atoms with E-state index in [1.807, 2.05) is 4.52 Å². The quantitative estimate of drug-likeness (QED) is 0.183. The normalized spacial score (nSPS) is 15.0. The van der Waals surface area contributed by atoms with Gasteiger partial charge in [0.1, 0.15) is 6.33 Å². The third-order valence-corrected chi connectivity index (χ3v) is 11.7. The number of hydrogen-bond acceptors (Lipinski definition) is 5. The second-order valence-electron chi connectivity index (χ2n) is 15.5. The maximum absolute atomic E-state index is 5.05. The van der Waals surface area contributed by atoms with Crippen LogP contribution in [-0.2, 0) is 10.8 Å². The van der Waals surface area contributed by atoms with Crippen LogP contribution in [0.4, 0.5) is 34.1 Å². The van der Waals surface area contributed by atoms with E-state index in [1.165, 1.54) is 45.0 Å². The summed E-state index contributed by atoms with van der Waals surface area (Å²) >= 11 is 0. The van der Waals surface area contributed by atoms with Crippen molar-refractivity contribution in [1.29, 1.82) is 0 Å². The Hall–Kier alpha value is -6.53. The predicted molar refractivity (Wildman–Crippen MR) is 220 cm³/mol. The Balaban J connectivity index is 1.05. The summed E-state index contributed by atoms with van der Waals surface area (Å²) in [6.45, 7) is 11.4. The van der Waals surface area contributed by atoms with Crippen LogP contribution in [0.5, 0.6) is 0 Å². The molecule has 0 N–H and O–H groups in total. The van der Waals surface area contributed by atoms with Gasteiger partial charge in [0.25, 0.3) is 5.78 Å². The number of fused-ring (bicyclic) bond motifs is 5. The van der Waals surface area contributed by atoms with Crippen molar-refractivity contribution in [3.05, 3.63) is 180 Å². The molecule has 2 aromatic heterocycles. The van der Waals surface area contributed by atoms with Gasteiger partial charge in [0, 0.05) is 38.9 Å². The molecule has 0 saturated heterocycles. The van der Waals surface area contributed by atoms with Crippen LogP contribution >= 0.6 is 0 Å². The van der Waals surface area contributed by atoms with Gasteiger partial charge in [-0.25, -0.2) is 4.98 Å². The Morgan fingerprint density at radius 3 is 1.28 bits per heavy atom. The van der Waals surface area contributed by atoms with Crippen molar-refractivity contribution in [2.75, 3.05) is 9.80 Å². The topological polar surface area (TPSA) is 49.6 Å². The van der Waals surface area contributed by atoms with Gasteiger partial charge in [0.05, 0.1) is 34.1 Å². The van der Waals surface area contributed by atoms with Gasteiger partial charge in [0.15, 0.2) is 0 Å². The van der Waals surface area contributed by atoms with E-state index in [1.54, 1.807) is 6.33 Å². The van der Waals surface area contributed by atoms with Crippen LogP contribution < -0.4 is 9.80 Å². The molecule has 0 amide bonds. The number of anilines is 6. The number of nitrogens with zero attached hydrogens (tertiary/aromatic N) is 6. The Kier molecular flexibility index (Phi) is 6.99. The first-order valence-corrected chi connectivity index (χ1v) is 18.6. The third-order valence-electron chi connectivity index (χ3n) is 11.7. The Labute approximate surface area is 316 Å². The molecule has 0 saturated carbocycles. The van der Waals surface area contributed by atoms with E-state index in [-0.39, 0.29) is 10.8 Å². The highest BCUT2D eigenvalue weighted by Crippen LogP contribution is 2.53. The van der Waals surface area contributed by atoms with E-state index in [4.69, 9.17) is 4.98 Å². The first-order chi connectivity index (χ1) is 26.2. The Bertz CT molecular complexity index is 2640. The summed E-state index contributed by atoms with van der Waals surface area (Å²) in [4.78, 5) is 14.4. The van der Waals surface area contributed by atoms with E-state index < -0.39 is 0 Å². The summed E-state index contributed by atoms with van der Waals surface area (Å²) in [6.07, 6.45) is 1.59. The van der Waals surface area contributed by atoms with Crippen LogP contribution in [0.1, 0.15) is 55.5 Å². The molecule has 4 heterocycles. The number of aromatic nitrogens is 4. The highest BCUT2D eigenvalue weighted by molar-refractivity contribution is 5.88. The van der Waals surface area contributed by atoms with Crippen LogP contribution in [0.2, 0.25) is 0 Å². The largest absolute Gasteiger partial charge is 0.310 e. The minimum absolute atomic E-state index is 0.105. The zero-order valence-electron chi connectivity index (χ0n) is 31.1. The molecule has 6 nitrogen and oxygen atoms in total. The number of benzene rings is 6. The molecular weight excluding hydrogens is 661 g/mol. The van der Waals surface area contributed by atoms with Gasteiger partial charge in [-0.05, 0) is 77.7 Å². The average molecular weight is 701 g/mol. The van der Waals surface area contributed by atoms with Crippen molar-refractivity contribution < 1.29 is 0 Å². The molecule has 0 unspecified atom stereocenters. The minimum Gasteiger partial charge on any atom is -0.310 e. The monoisotopic (exact) mass is 700 g/mol. The van der Waals surface area contributed by atoms with Crippen LogP contribution in [0.25, 0.3) is 28.3 Å². The summed E-state index contributed by atoms with van der Waals surface area (Å²) in [7, 11) is 0. The second kappa shape index (κ2) is 11.7. The molecule has 6 heteroatoms. The van der Waals surface area contributed by atoms with Gasteiger partial charge >= 0.3 is 0 Å². The molecule has 262 valence electrons. The molecule has 0 aliphatic carbocycles. The summed E-state index contributed by atoms with van der Waals surface area (Å²) < 4.78 is 1.86. The number of rotatable bonds is 4. The van der Waals surface area contributed by atoms with Crippen molar-refractivity contribution in [2.45, 2.75) is 45.4 Å². The van der Waals surface area contributed by atoms with Crippen LogP contribution in [0.3, 0.4) is 0 Å². The molecule has 8 aromatic rings. The van der Waals surface area contributed by atoms with Crippen molar-refractivity contribution in [1.82, 2.24) is 19.6 Å². The fraction of sp³-hybridized carbons (Fsp3) is 0.146. The van der Waals surface area contributed by atoms with Gasteiger partial charge < -0.3 is 9.80 Å². The van der Waals surface area contributed by atoms with Gasteiger partial charge in [-0.1, -0.05) is 125 Å². The van der Waals surface area contributed by atoms with E-state index in [2.05, 4.69) is 200 Å². The minimum atomic E-state index is -0.106. The van der Waals surface area contributed by atoms with Crippen molar-refractivity contribution in [3.63, 3.8) is 0 Å². The number of hydrogen-bond donors (Lipinski definition) is 0. The van der Waals surface area contributed by atoms with E-state index in [9.17, 15) is 0 Å². The molecular formula is C48H40N6. The molecule has 2 aliphatic heterocycles. The highest BCUT2D eigenvalue weighted by Gasteiger charge is 2.38. The summed E-state index contributed by atoms with van der Waals surface area (Å²) in [5.41, 5.74) is 17.1. The third kappa shape index (κ3) is 4.62. The van der Waals surface area contributed by atoms with Gasteiger partial charge in [-0.2, -0.15) is 14.6 Å². The summed E-state index contributed by atoms with van der Waals surface area (Å²) in [5, 5.41) is 4.63. The Morgan fingerprint density at radius 1 is 0.463 bits per heavy atom. The summed E-state index contributed by atoms with van der Waals surface area (Å²) in [5.74, 6) is 0.570. The fourth-order valence-electron chi connectivity index (χ4n) is 8.98. The molecule has 10 rings (SSSR count). The maximum atomic E-state index is 5.05. The molecule has 2 aliphatic rings. The molecule has 6 aromatic carbocycles. The zero-order chi connectivity index (χ0) is 36.8. The molecule has 0 radical (unpaired) electrons. The van der Waals surface area contributed by atoms with E-state index in [0.717, 1.165) is 39.5 Å². The lowest BCUT2D eigenvalue weighted by Crippen LogP contribution is -2.30. The second-order valence-corrected chi connectivity index (χ2v) is 15.5. The van der Waals surface area contributed by atoms with Crippen molar-refractivity contribution in [2.24, 2.45) is 0 Å². The lowest BCUT2D eigenvalue weighted by Gasteiger charge is -2.42. The first-order valence-electron chi connectivity index (χ1n) is 18.6. The maximum Gasteiger partial charge on any atom is 0.253 e. The van der Waals surface area contributed by atoms with Gasteiger partial charge in [0.2, 0.25) is 0 Å². The van der Waals surface area contributed by atoms with Crippen LogP contribution in [0, 0.1) is 6.92 Å².